The van der Waals surface area contributed by atoms with Gasteiger partial charge < -0.3 is 4.57 Å². The van der Waals surface area contributed by atoms with Crippen molar-refractivity contribution in [1.82, 2.24) is 4.57 Å². The molecule has 0 amide bonds. The molecule has 0 aliphatic heterocycles. The third kappa shape index (κ3) is 1.56. The average molecular weight is 281 g/mol. The highest BCUT2D eigenvalue weighted by Crippen LogP contribution is 2.26. The van der Waals surface area contributed by atoms with E-state index in [4.69, 9.17) is 0 Å². The molecule has 1 heterocycles. The monoisotopic (exact) mass is 279 g/mol. The van der Waals surface area contributed by atoms with Gasteiger partial charge in [-0.3, -0.25) is 4.79 Å². The van der Waals surface area contributed by atoms with Gasteiger partial charge in [0.2, 0.25) is 0 Å². The molecule has 0 spiro atoms. The van der Waals surface area contributed by atoms with E-state index in [-0.39, 0.29) is 0 Å². The fourth-order valence-corrected chi connectivity index (χ4v) is 1.95. The van der Waals surface area contributed by atoms with Gasteiger partial charge in [0.25, 0.3) is 0 Å². The summed E-state index contributed by atoms with van der Waals surface area (Å²) in [5.41, 5.74) is 0.686. The second kappa shape index (κ2) is 3.54. The van der Waals surface area contributed by atoms with Crippen molar-refractivity contribution in [3.8, 4) is 0 Å². The minimum Gasteiger partial charge on any atom is -0.332 e. The molecule has 0 bridgehead atoms. The van der Waals surface area contributed by atoms with Crippen molar-refractivity contribution in [3.05, 3.63) is 20.8 Å². The topological polar surface area (TPSA) is 22.0 Å². The Hall–Kier alpha value is -0.0900. The zero-order valence-corrected chi connectivity index (χ0v) is 9.15. The molecule has 0 saturated heterocycles. The van der Waals surface area contributed by atoms with Crippen molar-refractivity contribution < 1.29 is 4.79 Å². The van der Waals surface area contributed by atoms with Crippen LogP contribution in [0.2, 0.25) is 0 Å². The summed E-state index contributed by atoms with van der Waals surface area (Å²) < 4.78 is 3.72. The number of hydrogen-bond acceptors (Lipinski definition) is 1. The molecule has 0 saturated carbocycles. The smallest absolute Gasteiger partial charge is 0.166 e. The van der Waals surface area contributed by atoms with Crippen LogP contribution in [0.3, 0.4) is 0 Å². The summed E-state index contributed by atoms with van der Waals surface area (Å²) >= 11 is 6.68. The van der Waals surface area contributed by atoms with Crippen LogP contribution in [0.4, 0.5) is 0 Å². The largest absolute Gasteiger partial charge is 0.332 e. The van der Waals surface area contributed by atoms with Gasteiger partial charge in [-0.15, -0.1) is 0 Å². The zero-order valence-electron chi connectivity index (χ0n) is 5.97. The van der Waals surface area contributed by atoms with Crippen molar-refractivity contribution >= 4 is 38.1 Å². The quantitative estimate of drug-likeness (QED) is 0.764. The summed E-state index contributed by atoms with van der Waals surface area (Å²) in [4.78, 5) is 10.5. The van der Waals surface area contributed by atoms with E-state index >= 15 is 0 Å². The van der Waals surface area contributed by atoms with Crippen molar-refractivity contribution in [3.63, 3.8) is 0 Å². The summed E-state index contributed by atoms with van der Waals surface area (Å²) in [6.07, 6.45) is 0.846. The Balaban J connectivity index is 3.26. The molecule has 0 unspecified atom stereocenters. The Kier molecular flexibility index (Phi) is 2.90. The van der Waals surface area contributed by atoms with Crippen LogP contribution < -0.4 is 0 Å². The van der Waals surface area contributed by atoms with Crippen molar-refractivity contribution in [2.24, 2.45) is 0 Å². The first kappa shape index (κ1) is 9.00. The van der Waals surface area contributed by atoms with Crippen LogP contribution in [-0.4, -0.2) is 10.9 Å². The van der Waals surface area contributed by atoms with Crippen LogP contribution in [-0.2, 0) is 6.54 Å². The highest BCUT2D eigenvalue weighted by molar-refractivity contribution is 9.13. The Bertz CT molecular complexity index is 280. The SMILES string of the molecule is CCn1c(C=O)cc(Br)c1Br. The van der Waals surface area contributed by atoms with E-state index in [0.717, 1.165) is 21.9 Å². The molecule has 0 aromatic carbocycles. The Labute approximate surface area is 81.8 Å². The molecule has 1 rings (SSSR count). The first-order chi connectivity index (χ1) is 5.20. The third-order valence-electron chi connectivity index (χ3n) is 1.46. The van der Waals surface area contributed by atoms with Gasteiger partial charge in [0.05, 0.1) is 14.8 Å². The number of rotatable bonds is 2. The van der Waals surface area contributed by atoms with Gasteiger partial charge in [-0.25, -0.2) is 0 Å². The van der Waals surface area contributed by atoms with Gasteiger partial charge in [0, 0.05) is 6.54 Å². The van der Waals surface area contributed by atoms with E-state index < -0.39 is 0 Å². The lowest BCUT2D eigenvalue weighted by Gasteiger charge is -2.01. The minimum atomic E-state index is 0.686. The molecular formula is C7H7Br2NO. The number of carbonyl (C=O) groups is 1. The highest BCUT2D eigenvalue weighted by Gasteiger charge is 2.07. The molecule has 0 atom stereocenters. The van der Waals surface area contributed by atoms with Gasteiger partial charge in [-0.1, -0.05) is 0 Å². The van der Waals surface area contributed by atoms with Gasteiger partial charge in [0.1, 0.15) is 0 Å². The average Bonchev–Trinajstić information content (AvgIpc) is 2.28. The van der Waals surface area contributed by atoms with Crippen molar-refractivity contribution in [2.75, 3.05) is 0 Å². The van der Waals surface area contributed by atoms with E-state index in [1.807, 2.05) is 11.5 Å². The Morgan fingerprint density at radius 3 is 2.64 bits per heavy atom. The Morgan fingerprint density at radius 2 is 2.27 bits per heavy atom. The molecule has 60 valence electrons. The molecule has 11 heavy (non-hydrogen) atoms. The van der Waals surface area contributed by atoms with Crippen molar-refractivity contribution in [1.29, 1.82) is 0 Å². The standard InChI is InChI=1S/C7H7Br2NO/c1-2-10-5(4-11)3-6(8)7(10)9/h3-4H,2H2,1H3. The summed E-state index contributed by atoms with van der Waals surface area (Å²) in [5, 5.41) is 0. The van der Waals surface area contributed by atoms with Crippen molar-refractivity contribution in [2.45, 2.75) is 13.5 Å². The third-order valence-corrected chi connectivity index (χ3v) is 3.45. The van der Waals surface area contributed by atoms with E-state index in [0.29, 0.717) is 5.69 Å². The predicted molar refractivity (Wildman–Crippen MR) is 50.9 cm³/mol. The van der Waals surface area contributed by atoms with Gasteiger partial charge in [-0.05, 0) is 44.8 Å². The molecule has 4 heteroatoms. The molecular weight excluding hydrogens is 274 g/mol. The zero-order chi connectivity index (χ0) is 8.43. The number of nitrogens with zero attached hydrogens (tertiary/aromatic N) is 1. The number of carbonyl (C=O) groups excluding carboxylic acids is 1. The minimum absolute atomic E-state index is 0.686. The fourth-order valence-electron chi connectivity index (χ4n) is 0.929. The van der Waals surface area contributed by atoms with E-state index in [9.17, 15) is 4.79 Å². The summed E-state index contributed by atoms with van der Waals surface area (Å²) in [7, 11) is 0. The normalized spacial score (nSPS) is 10.1. The van der Waals surface area contributed by atoms with Gasteiger partial charge in [-0.2, -0.15) is 0 Å². The molecule has 2 nitrogen and oxygen atoms in total. The first-order valence-electron chi connectivity index (χ1n) is 3.20. The molecule has 0 aliphatic rings. The van der Waals surface area contributed by atoms with E-state index in [1.54, 1.807) is 6.07 Å². The maximum absolute atomic E-state index is 10.5. The number of hydrogen-bond donors (Lipinski definition) is 0. The van der Waals surface area contributed by atoms with Crippen LogP contribution in [0.25, 0.3) is 0 Å². The summed E-state index contributed by atoms with van der Waals surface area (Å²) in [5.74, 6) is 0. The molecule has 0 aliphatic carbocycles. The number of aromatic nitrogens is 1. The van der Waals surface area contributed by atoms with Crippen LogP contribution in [0.1, 0.15) is 17.4 Å². The highest BCUT2D eigenvalue weighted by atomic mass is 79.9. The molecule has 1 aromatic rings. The van der Waals surface area contributed by atoms with E-state index in [2.05, 4.69) is 31.9 Å². The maximum Gasteiger partial charge on any atom is 0.166 e. The lowest BCUT2D eigenvalue weighted by Crippen LogP contribution is -1.98. The number of aldehydes is 1. The van der Waals surface area contributed by atoms with Crippen LogP contribution in [0, 0.1) is 0 Å². The molecule has 0 radical (unpaired) electrons. The van der Waals surface area contributed by atoms with Crippen LogP contribution >= 0.6 is 31.9 Å². The molecule has 0 N–H and O–H groups in total. The molecule has 0 fully saturated rings. The molecule has 1 aromatic heterocycles. The number of halogens is 2. The summed E-state index contributed by atoms with van der Waals surface area (Å²) in [6.45, 7) is 2.78. The van der Waals surface area contributed by atoms with Gasteiger partial charge in [0.15, 0.2) is 6.29 Å². The second-order valence-corrected chi connectivity index (χ2v) is 3.68. The maximum atomic E-state index is 10.5. The second-order valence-electron chi connectivity index (χ2n) is 2.07. The predicted octanol–water partition coefficient (Wildman–Crippen LogP) is 2.85. The van der Waals surface area contributed by atoms with E-state index in [1.165, 1.54) is 0 Å². The Morgan fingerprint density at radius 1 is 1.64 bits per heavy atom. The lowest BCUT2D eigenvalue weighted by atomic mass is 10.5. The van der Waals surface area contributed by atoms with Crippen LogP contribution in [0.15, 0.2) is 15.1 Å². The first-order valence-corrected chi connectivity index (χ1v) is 4.79. The fraction of sp³-hybridized carbons (Fsp3) is 0.286. The lowest BCUT2D eigenvalue weighted by molar-refractivity contribution is 0.111. The van der Waals surface area contributed by atoms with Crippen LogP contribution in [0.5, 0.6) is 0 Å². The summed E-state index contributed by atoms with van der Waals surface area (Å²) in [6, 6.07) is 1.79. The van der Waals surface area contributed by atoms with Gasteiger partial charge >= 0.3 is 0 Å².